The van der Waals surface area contributed by atoms with Gasteiger partial charge in [-0.05, 0) is 31.7 Å². The molecule has 0 spiro atoms. The van der Waals surface area contributed by atoms with Crippen LogP contribution in [0.1, 0.15) is 44.3 Å². The second kappa shape index (κ2) is 8.09. The molecule has 1 rings (SSSR count). The van der Waals surface area contributed by atoms with Crippen LogP contribution < -0.4 is 4.74 Å². The summed E-state index contributed by atoms with van der Waals surface area (Å²) in [4.78, 5) is 0. The van der Waals surface area contributed by atoms with E-state index in [-0.39, 0.29) is 6.61 Å². The minimum absolute atomic E-state index is 0.241. The van der Waals surface area contributed by atoms with E-state index >= 15 is 0 Å². The zero-order valence-electron chi connectivity index (χ0n) is 10.4. The number of rotatable bonds is 8. The zero-order chi connectivity index (χ0) is 12.5. The molecule has 3 heteroatoms. The molecule has 17 heavy (non-hydrogen) atoms. The van der Waals surface area contributed by atoms with E-state index < -0.39 is 6.10 Å². The fourth-order valence-electron chi connectivity index (χ4n) is 1.68. The van der Waals surface area contributed by atoms with Gasteiger partial charge < -0.3 is 14.9 Å². The zero-order valence-corrected chi connectivity index (χ0v) is 10.4. The Hall–Kier alpha value is -1.06. The van der Waals surface area contributed by atoms with E-state index in [1.165, 1.54) is 0 Å². The number of para-hydroxylation sites is 1. The van der Waals surface area contributed by atoms with Crippen LogP contribution in [-0.4, -0.2) is 23.4 Å². The van der Waals surface area contributed by atoms with Crippen molar-refractivity contribution >= 4 is 0 Å². The van der Waals surface area contributed by atoms with Crippen LogP contribution in [0.3, 0.4) is 0 Å². The van der Waals surface area contributed by atoms with Crippen LogP contribution in [0.4, 0.5) is 0 Å². The third-order valence-corrected chi connectivity index (χ3v) is 2.72. The van der Waals surface area contributed by atoms with Gasteiger partial charge in [0.05, 0.1) is 12.7 Å². The van der Waals surface area contributed by atoms with Gasteiger partial charge in [-0.25, -0.2) is 0 Å². The van der Waals surface area contributed by atoms with Gasteiger partial charge in [-0.2, -0.15) is 0 Å². The molecule has 1 atom stereocenters. The number of aliphatic hydroxyl groups is 2. The van der Waals surface area contributed by atoms with Gasteiger partial charge >= 0.3 is 0 Å². The summed E-state index contributed by atoms with van der Waals surface area (Å²) in [7, 11) is 0. The van der Waals surface area contributed by atoms with Crippen molar-refractivity contribution in [3.8, 4) is 5.75 Å². The topological polar surface area (TPSA) is 49.7 Å². The lowest BCUT2D eigenvalue weighted by atomic mass is 10.1. The van der Waals surface area contributed by atoms with Crippen LogP contribution in [0.15, 0.2) is 24.3 Å². The van der Waals surface area contributed by atoms with E-state index in [1.807, 2.05) is 31.2 Å². The Morgan fingerprint density at radius 2 is 1.94 bits per heavy atom. The maximum absolute atomic E-state index is 9.84. The molecule has 0 radical (unpaired) electrons. The molecule has 1 aromatic carbocycles. The minimum atomic E-state index is -0.455. The summed E-state index contributed by atoms with van der Waals surface area (Å²) in [6.07, 6.45) is 2.95. The largest absolute Gasteiger partial charge is 0.493 e. The highest BCUT2D eigenvalue weighted by Crippen LogP contribution is 2.26. The third kappa shape index (κ3) is 4.75. The predicted octanol–water partition coefficient (Wildman–Crippen LogP) is 2.67. The smallest absolute Gasteiger partial charge is 0.125 e. The van der Waals surface area contributed by atoms with E-state index in [0.29, 0.717) is 13.0 Å². The maximum Gasteiger partial charge on any atom is 0.125 e. The van der Waals surface area contributed by atoms with E-state index in [1.54, 1.807) is 0 Å². The average Bonchev–Trinajstić information content (AvgIpc) is 2.38. The molecule has 2 N–H and O–H groups in total. The van der Waals surface area contributed by atoms with Crippen molar-refractivity contribution in [1.82, 2.24) is 0 Å². The van der Waals surface area contributed by atoms with E-state index in [2.05, 4.69) is 0 Å². The van der Waals surface area contributed by atoms with Crippen LogP contribution in [0.25, 0.3) is 0 Å². The summed E-state index contributed by atoms with van der Waals surface area (Å²) in [6, 6.07) is 7.61. The second-order valence-corrected chi connectivity index (χ2v) is 4.09. The summed E-state index contributed by atoms with van der Waals surface area (Å²) in [5, 5.41) is 18.5. The Morgan fingerprint density at radius 1 is 1.18 bits per heavy atom. The fraction of sp³-hybridized carbons (Fsp3) is 0.571. The van der Waals surface area contributed by atoms with Gasteiger partial charge in [0, 0.05) is 12.2 Å². The first kappa shape index (κ1) is 14.0. The van der Waals surface area contributed by atoms with Gasteiger partial charge in [0.2, 0.25) is 0 Å². The standard InChI is InChI=1S/C14H22O3/c1-2-13(16)12-8-4-5-9-14(12)17-11-7-3-6-10-15/h4-5,8-9,13,15-16H,2-3,6-7,10-11H2,1H3/t13-/m1/s1. The van der Waals surface area contributed by atoms with E-state index in [4.69, 9.17) is 9.84 Å². The maximum atomic E-state index is 9.84. The SMILES string of the molecule is CC[C@@H](O)c1ccccc1OCCCCCO. The lowest BCUT2D eigenvalue weighted by molar-refractivity contribution is 0.166. The Labute approximate surface area is 103 Å². The summed E-state index contributed by atoms with van der Waals surface area (Å²) in [6.45, 7) is 2.82. The number of unbranched alkanes of at least 4 members (excludes halogenated alkanes) is 2. The van der Waals surface area contributed by atoms with Gasteiger partial charge in [0.1, 0.15) is 5.75 Å². The van der Waals surface area contributed by atoms with Crippen molar-refractivity contribution < 1.29 is 14.9 Å². The van der Waals surface area contributed by atoms with Crippen LogP contribution in [0.2, 0.25) is 0 Å². The molecule has 0 saturated heterocycles. The van der Waals surface area contributed by atoms with Crippen molar-refractivity contribution in [3.63, 3.8) is 0 Å². The second-order valence-electron chi connectivity index (χ2n) is 4.09. The Bertz CT molecular complexity index is 312. The molecule has 0 bridgehead atoms. The summed E-state index contributed by atoms with van der Waals surface area (Å²) in [5.41, 5.74) is 0.858. The highest BCUT2D eigenvalue weighted by Gasteiger charge is 2.10. The molecule has 0 aliphatic rings. The summed E-state index contributed by atoms with van der Waals surface area (Å²) >= 11 is 0. The van der Waals surface area contributed by atoms with Crippen LogP contribution in [-0.2, 0) is 0 Å². The first-order valence-electron chi connectivity index (χ1n) is 6.30. The quantitative estimate of drug-likeness (QED) is 0.685. The number of hydrogen-bond acceptors (Lipinski definition) is 3. The van der Waals surface area contributed by atoms with E-state index in [0.717, 1.165) is 30.6 Å². The lowest BCUT2D eigenvalue weighted by Crippen LogP contribution is -2.03. The lowest BCUT2D eigenvalue weighted by Gasteiger charge is -2.14. The van der Waals surface area contributed by atoms with Crippen molar-refractivity contribution in [1.29, 1.82) is 0 Å². The molecule has 1 aromatic rings. The monoisotopic (exact) mass is 238 g/mol. The molecule has 0 aromatic heterocycles. The molecule has 0 aliphatic carbocycles. The van der Waals surface area contributed by atoms with Gasteiger partial charge in [0.15, 0.2) is 0 Å². The molecule has 0 saturated carbocycles. The first-order valence-corrected chi connectivity index (χ1v) is 6.30. The molecule has 0 amide bonds. The molecular formula is C14H22O3. The summed E-state index contributed by atoms with van der Waals surface area (Å²) in [5.74, 6) is 0.769. The van der Waals surface area contributed by atoms with Crippen molar-refractivity contribution in [2.24, 2.45) is 0 Å². The fourth-order valence-corrected chi connectivity index (χ4v) is 1.68. The van der Waals surface area contributed by atoms with Gasteiger partial charge in [0.25, 0.3) is 0 Å². The molecule has 0 heterocycles. The van der Waals surface area contributed by atoms with Crippen molar-refractivity contribution in [3.05, 3.63) is 29.8 Å². The highest BCUT2D eigenvalue weighted by molar-refractivity contribution is 5.34. The third-order valence-electron chi connectivity index (χ3n) is 2.72. The number of hydrogen-bond donors (Lipinski definition) is 2. The molecule has 3 nitrogen and oxygen atoms in total. The van der Waals surface area contributed by atoms with Gasteiger partial charge in [-0.15, -0.1) is 0 Å². The number of aliphatic hydroxyl groups excluding tert-OH is 2. The molecule has 96 valence electrons. The minimum Gasteiger partial charge on any atom is -0.493 e. The Kier molecular flexibility index (Phi) is 6.67. The normalized spacial score (nSPS) is 12.4. The summed E-state index contributed by atoms with van der Waals surface area (Å²) < 4.78 is 5.67. The molecule has 0 fully saturated rings. The molecular weight excluding hydrogens is 216 g/mol. The average molecular weight is 238 g/mol. The number of ether oxygens (including phenoxy) is 1. The Balaban J connectivity index is 2.46. The number of benzene rings is 1. The van der Waals surface area contributed by atoms with Crippen LogP contribution in [0, 0.1) is 0 Å². The van der Waals surface area contributed by atoms with Gasteiger partial charge in [-0.1, -0.05) is 25.1 Å². The van der Waals surface area contributed by atoms with Crippen LogP contribution >= 0.6 is 0 Å². The van der Waals surface area contributed by atoms with Crippen molar-refractivity contribution in [2.75, 3.05) is 13.2 Å². The highest BCUT2D eigenvalue weighted by atomic mass is 16.5. The molecule has 0 unspecified atom stereocenters. The Morgan fingerprint density at radius 3 is 2.65 bits per heavy atom. The van der Waals surface area contributed by atoms with Gasteiger partial charge in [-0.3, -0.25) is 0 Å². The molecule has 0 aliphatic heterocycles. The van der Waals surface area contributed by atoms with Crippen LogP contribution in [0.5, 0.6) is 5.75 Å². The van der Waals surface area contributed by atoms with E-state index in [9.17, 15) is 5.11 Å². The first-order chi connectivity index (χ1) is 8.29. The predicted molar refractivity (Wildman–Crippen MR) is 68.1 cm³/mol. The van der Waals surface area contributed by atoms with Crippen molar-refractivity contribution in [2.45, 2.75) is 38.7 Å².